The lowest BCUT2D eigenvalue weighted by atomic mass is 10.1. The van der Waals surface area contributed by atoms with E-state index in [1.54, 1.807) is 0 Å². The Bertz CT molecular complexity index is 545. The van der Waals surface area contributed by atoms with Gasteiger partial charge in [0.25, 0.3) is 5.56 Å². The molecule has 0 fully saturated rings. The van der Waals surface area contributed by atoms with Gasteiger partial charge in [-0.25, -0.2) is 4.68 Å². The maximum Gasteiger partial charge on any atom is 0.274 e. The first-order valence-electron chi connectivity index (χ1n) is 4.90. The number of rotatable bonds is 2. The third-order valence-corrected chi connectivity index (χ3v) is 2.39. The van der Waals surface area contributed by atoms with Gasteiger partial charge in [-0.05, 0) is 13.0 Å². The third kappa shape index (κ3) is 1.64. The Morgan fingerprint density at radius 1 is 1.33 bits per heavy atom. The lowest BCUT2D eigenvalue weighted by Crippen LogP contribution is -2.27. The molecule has 1 heterocycles. The minimum atomic E-state index is -0.0679. The smallest absolute Gasteiger partial charge is 0.274 e. The van der Waals surface area contributed by atoms with E-state index in [0.717, 1.165) is 11.1 Å². The summed E-state index contributed by atoms with van der Waals surface area (Å²) in [6.07, 6.45) is 0. The van der Waals surface area contributed by atoms with Crippen molar-refractivity contribution in [3.8, 4) is 0 Å². The largest absolute Gasteiger partial charge is 0.329 e. The zero-order valence-electron chi connectivity index (χ0n) is 8.60. The number of nitrogens with zero attached hydrogens (tertiary/aromatic N) is 2. The average Bonchev–Trinajstić information content (AvgIpc) is 2.26. The van der Waals surface area contributed by atoms with Gasteiger partial charge in [-0.3, -0.25) is 4.79 Å². The molecule has 0 unspecified atom stereocenters. The molecule has 1 aromatic heterocycles. The molecule has 0 saturated carbocycles. The summed E-state index contributed by atoms with van der Waals surface area (Å²) < 4.78 is 1.43. The minimum Gasteiger partial charge on any atom is -0.329 e. The van der Waals surface area contributed by atoms with Crippen molar-refractivity contribution in [2.24, 2.45) is 5.73 Å². The number of hydrogen-bond acceptors (Lipinski definition) is 3. The highest BCUT2D eigenvalue weighted by Crippen LogP contribution is 2.11. The van der Waals surface area contributed by atoms with E-state index in [2.05, 4.69) is 5.10 Å². The normalized spacial score (nSPS) is 10.8. The molecule has 0 spiro atoms. The van der Waals surface area contributed by atoms with E-state index in [-0.39, 0.29) is 5.56 Å². The predicted molar refractivity (Wildman–Crippen MR) is 59.8 cm³/mol. The molecule has 4 heteroatoms. The van der Waals surface area contributed by atoms with Crippen molar-refractivity contribution in [2.45, 2.75) is 13.5 Å². The maximum atomic E-state index is 11.9. The van der Waals surface area contributed by atoms with Crippen LogP contribution in [0.1, 0.15) is 5.69 Å². The van der Waals surface area contributed by atoms with Gasteiger partial charge in [0.05, 0.1) is 17.6 Å². The molecular formula is C11H13N3O. The number of aromatic nitrogens is 2. The molecule has 2 rings (SSSR count). The molecule has 0 aliphatic rings. The molecule has 0 saturated heterocycles. The fourth-order valence-electron chi connectivity index (χ4n) is 1.68. The first-order valence-corrected chi connectivity index (χ1v) is 4.90. The fraction of sp³-hybridized carbons (Fsp3) is 0.273. The maximum absolute atomic E-state index is 11.9. The molecule has 2 aromatic rings. The molecule has 15 heavy (non-hydrogen) atoms. The highest BCUT2D eigenvalue weighted by Gasteiger charge is 2.05. The summed E-state index contributed by atoms with van der Waals surface area (Å²) in [5.74, 6) is 0. The quantitative estimate of drug-likeness (QED) is 0.780. The average molecular weight is 203 g/mol. The van der Waals surface area contributed by atoms with Gasteiger partial charge in [0.2, 0.25) is 0 Å². The summed E-state index contributed by atoms with van der Waals surface area (Å²) in [7, 11) is 0. The van der Waals surface area contributed by atoms with Crippen LogP contribution in [-0.2, 0) is 6.54 Å². The van der Waals surface area contributed by atoms with Crippen LogP contribution in [0.4, 0.5) is 0 Å². The van der Waals surface area contributed by atoms with Crippen LogP contribution >= 0.6 is 0 Å². The number of hydrogen-bond donors (Lipinski definition) is 1. The van der Waals surface area contributed by atoms with Crippen LogP contribution < -0.4 is 11.3 Å². The first-order chi connectivity index (χ1) is 7.24. The molecule has 0 aliphatic carbocycles. The van der Waals surface area contributed by atoms with E-state index in [1.165, 1.54) is 4.68 Å². The van der Waals surface area contributed by atoms with Gasteiger partial charge >= 0.3 is 0 Å². The SMILES string of the molecule is Cc1nn(CCN)c(=O)c2ccccc12. The second-order valence-corrected chi connectivity index (χ2v) is 3.45. The van der Waals surface area contributed by atoms with E-state index in [9.17, 15) is 4.79 Å². The van der Waals surface area contributed by atoms with Crippen molar-refractivity contribution in [1.82, 2.24) is 9.78 Å². The van der Waals surface area contributed by atoms with Gasteiger partial charge < -0.3 is 5.73 Å². The van der Waals surface area contributed by atoms with Crippen LogP contribution in [0, 0.1) is 6.92 Å². The Kier molecular flexibility index (Phi) is 2.51. The van der Waals surface area contributed by atoms with Gasteiger partial charge in [0.1, 0.15) is 0 Å². The van der Waals surface area contributed by atoms with Gasteiger partial charge in [0.15, 0.2) is 0 Å². The summed E-state index contributed by atoms with van der Waals surface area (Å²) in [6.45, 7) is 2.78. The van der Waals surface area contributed by atoms with Crippen LogP contribution in [0.5, 0.6) is 0 Å². The standard InChI is InChI=1S/C11H13N3O/c1-8-9-4-2-3-5-10(9)11(15)14(13-8)7-6-12/h2-5H,6-7,12H2,1H3. The zero-order chi connectivity index (χ0) is 10.8. The monoisotopic (exact) mass is 203 g/mol. The van der Waals surface area contributed by atoms with Crippen molar-refractivity contribution < 1.29 is 0 Å². The molecule has 0 aliphatic heterocycles. The summed E-state index contributed by atoms with van der Waals surface area (Å²) in [5, 5.41) is 5.83. The van der Waals surface area contributed by atoms with Crippen molar-refractivity contribution >= 4 is 10.8 Å². The molecule has 0 radical (unpaired) electrons. The van der Waals surface area contributed by atoms with Crippen molar-refractivity contribution in [1.29, 1.82) is 0 Å². The van der Waals surface area contributed by atoms with E-state index >= 15 is 0 Å². The highest BCUT2D eigenvalue weighted by molar-refractivity contribution is 5.83. The van der Waals surface area contributed by atoms with E-state index in [4.69, 9.17) is 5.73 Å². The highest BCUT2D eigenvalue weighted by atomic mass is 16.1. The van der Waals surface area contributed by atoms with Crippen LogP contribution in [0.15, 0.2) is 29.1 Å². The molecular weight excluding hydrogens is 190 g/mol. The van der Waals surface area contributed by atoms with Gasteiger partial charge in [-0.15, -0.1) is 0 Å². The Morgan fingerprint density at radius 3 is 2.67 bits per heavy atom. The Morgan fingerprint density at radius 2 is 2.00 bits per heavy atom. The van der Waals surface area contributed by atoms with Gasteiger partial charge in [0, 0.05) is 11.9 Å². The molecule has 4 nitrogen and oxygen atoms in total. The number of nitrogens with two attached hydrogens (primary N) is 1. The summed E-state index contributed by atoms with van der Waals surface area (Å²) >= 11 is 0. The first kappa shape index (κ1) is 9.86. The Labute approximate surface area is 87.3 Å². The van der Waals surface area contributed by atoms with Gasteiger partial charge in [-0.2, -0.15) is 5.10 Å². The number of aryl methyl sites for hydroxylation is 1. The van der Waals surface area contributed by atoms with E-state index in [1.807, 2.05) is 31.2 Å². The Hall–Kier alpha value is -1.68. The minimum absolute atomic E-state index is 0.0679. The predicted octanol–water partition coefficient (Wildman–Crippen LogP) is 0.664. The van der Waals surface area contributed by atoms with Crippen LogP contribution in [0.25, 0.3) is 10.8 Å². The van der Waals surface area contributed by atoms with Crippen LogP contribution in [-0.4, -0.2) is 16.3 Å². The van der Waals surface area contributed by atoms with Crippen LogP contribution in [0.3, 0.4) is 0 Å². The molecule has 1 aromatic carbocycles. The second kappa shape index (κ2) is 3.82. The third-order valence-electron chi connectivity index (χ3n) is 2.39. The van der Waals surface area contributed by atoms with Crippen molar-refractivity contribution in [3.05, 3.63) is 40.3 Å². The van der Waals surface area contributed by atoms with E-state index < -0.39 is 0 Å². The van der Waals surface area contributed by atoms with Crippen molar-refractivity contribution in [3.63, 3.8) is 0 Å². The lowest BCUT2D eigenvalue weighted by molar-refractivity contribution is 0.587. The van der Waals surface area contributed by atoms with Crippen molar-refractivity contribution in [2.75, 3.05) is 6.54 Å². The second-order valence-electron chi connectivity index (χ2n) is 3.45. The molecule has 2 N–H and O–H groups in total. The number of benzene rings is 1. The molecule has 0 amide bonds. The zero-order valence-corrected chi connectivity index (χ0v) is 8.60. The molecule has 78 valence electrons. The molecule has 0 bridgehead atoms. The van der Waals surface area contributed by atoms with Gasteiger partial charge in [-0.1, -0.05) is 18.2 Å². The summed E-state index contributed by atoms with van der Waals surface area (Å²) in [5.41, 5.74) is 6.22. The fourth-order valence-corrected chi connectivity index (χ4v) is 1.68. The van der Waals surface area contributed by atoms with E-state index in [0.29, 0.717) is 18.5 Å². The molecule has 0 atom stereocenters. The number of fused-ring (bicyclic) bond motifs is 1. The Balaban J connectivity index is 2.79. The lowest BCUT2D eigenvalue weighted by Gasteiger charge is -2.06. The van der Waals surface area contributed by atoms with Crippen LogP contribution in [0.2, 0.25) is 0 Å². The summed E-state index contributed by atoms with van der Waals surface area (Å²) in [6, 6.07) is 7.49. The summed E-state index contributed by atoms with van der Waals surface area (Å²) in [4.78, 5) is 11.9. The topological polar surface area (TPSA) is 60.9 Å².